The van der Waals surface area contributed by atoms with Crippen LogP contribution in [0.2, 0.25) is 0 Å². The molecule has 0 spiro atoms. The molecule has 2 aromatic rings. The largest absolute Gasteiger partial charge is 0.352 e. The van der Waals surface area contributed by atoms with Crippen LogP contribution in [-0.4, -0.2) is 41.6 Å². The Morgan fingerprint density at radius 1 is 1.18 bits per heavy atom. The number of carbonyl (C=O) groups is 2. The van der Waals surface area contributed by atoms with E-state index in [1.807, 2.05) is 12.1 Å². The zero-order valence-corrected chi connectivity index (χ0v) is 16.9. The SMILES string of the molecule is Cc1ccc(CNC(=O)[C@H]2CCCN(c3nnc(N4CCCC4=O)s3)C2)cc1. The van der Waals surface area contributed by atoms with Gasteiger partial charge in [-0.25, -0.2) is 0 Å². The van der Waals surface area contributed by atoms with Crippen molar-refractivity contribution in [1.82, 2.24) is 15.5 Å². The Morgan fingerprint density at radius 2 is 1.96 bits per heavy atom. The van der Waals surface area contributed by atoms with Gasteiger partial charge in [0.15, 0.2) is 0 Å². The minimum absolute atomic E-state index is 0.0556. The number of rotatable bonds is 5. The highest BCUT2D eigenvalue weighted by Crippen LogP contribution is 2.32. The van der Waals surface area contributed by atoms with Crippen molar-refractivity contribution in [3.8, 4) is 0 Å². The first kappa shape index (κ1) is 18.9. The normalized spacial score (nSPS) is 19.9. The second-order valence-corrected chi connectivity index (χ2v) is 8.44. The number of nitrogens with one attached hydrogen (secondary N) is 1. The summed E-state index contributed by atoms with van der Waals surface area (Å²) in [6, 6.07) is 8.21. The third-order valence-corrected chi connectivity index (χ3v) is 6.37. The van der Waals surface area contributed by atoms with Gasteiger partial charge in [0.1, 0.15) is 0 Å². The van der Waals surface area contributed by atoms with Gasteiger partial charge in [0.25, 0.3) is 0 Å². The predicted molar refractivity (Wildman–Crippen MR) is 109 cm³/mol. The van der Waals surface area contributed by atoms with E-state index >= 15 is 0 Å². The van der Waals surface area contributed by atoms with E-state index in [-0.39, 0.29) is 17.7 Å². The van der Waals surface area contributed by atoms with Crippen LogP contribution >= 0.6 is 11.3 Å². The van der Waals surface area contributed by atoms with Crippen molar-refractivity contribution >= 4 is 33.4 Å². The Morgan fingerprint density at radius 3 is 2.71 bits per heavy atom. The summed E-state index contributed by atoms with van der Waals surface area (Å²) in [5.41, 5.74) is 2.32. The van der Waals surface area contributed by atoms with Crippen LogP contribution in [0.4, 0.5) is 10.3 Å². The highest BCUT2D eigenvalue weighted by Gasteiger charge is 2.29. The van der Waals surface area contributed by atoms with Crippen molar-refractivity contribution in [2.45, 2.75) is 39.2 Å². The molecule has 1 N–H and O–H groups in total. The fraction of sp³-hybridized carbons (Fsp3) is 0.500. The number of benzene rings is 1. The summed E-state index contributed by atoms with van der Waals surface area (Å²) >= 11 is 1.44. The Labute approximate surface area is 168 Å². The van der Waals surface area contributed by atoms with E-state index in [4.69, 9.17) is 0 Å². The lowest BCUT2D eigenvalue weighted by atomic mass is 9.97. The molecule has 2 saturated heterocycles. The summed E-state index contributed by atoms with van der Waals surface area (Å²) in [4.78, 5) is 28.4. The van der Waals surface area contributed by atoms with Crippen molar-refractivity contribution < 1.29 is 9.59 Å². The number of aromatic nitrogens is 2. The molecule has 28 heavy (non-hydrogen) atoms. The minimum Gasteiger partial charge on any atom is -0.352 e. The van der Waals surface area contributed by atoms with E-state index in [0.717, 1.165) is 43.0 Å². The fourth-order valence-corrected chi connectivity index (χ4v) is 4.62. The number of hydrogen-bond donors (Lipinski definition) is 1. The van der Waals surface area contributed by atoms with Crippen LogP contribution < -0.4 is 15.1 Å². The maximum absolute atomic E-state index is 12.6. The average molecular weight is 400 g/mol. The highest BCUT2D eigenvalue weighted by atomic mass is 32.1. The Bertz CT molecular complexity index is 851. The van der Waals surface area contributed by atoms with E-state index < -0.39 is 0 Å². The van der Waals surface area contributed by atoms with Crippen LogP contribution in [0.5, 0.6) is 0 Å². The van der Waals surface area contributed by atoms with Gasteiger partial charge in [0, 0.05) is 32.6 Å². The average Bonchev–Trinajstić information content (AvgIpc) is 3.36. The first-order chi connectivity index (χ1) is 13.6. The number of anilines is 2. The monoisotopic (exact) mass is 399 g/mol. The molecule has 1 aromatic carbocycles. The van der Waals surface area contributed by atoms with Crippen molar-refractivity contribution in [1.29, 1.82) is 0 Å². The summed E-state index contributed by atoms with van der Waals surface area (Å²) in [6.45, 7) is 4.83. The van der Waals surface area contributed by atoms with Gasteiger partial charge in [-0.2, -0.15) is 0 Å². The van der Waals surface area contributed by atoms with Crippen molar-refractivity contribution in [2.24, 2.45) is 5.92 Å². The quantitative estimate of drug-likeness (QED) is 0.836. The third kappa shape index (κ3) is 4.16. The van der Waals surface area contributed by atoms with Gasteiger partial charge in [-0.05, 0) is 31.7 Å². The van der Waals surface area contributed by atoms with Crippen LogP contribution in [0.1, 0.15) is 36.8 Å². The lowest BCUT2D eigenvalue weighted by molar-refractivity contribution is -0.125. The number of amides is 2. The molecular weight excluding hydrogens is 374 g/mol. The van der Waals surface area contributed by atoms with Crippen LogP contribution in [-0.2, 0) is 16.1 Å². The lowest BCUT2D eigenvalue weighted by Gasteiger charge is -2.31. The molecule has 2 aliphatic heterocycles. The number of carbonyl (C=O) groups excluding carboxylic acids is 2. The molecule has 0 radical (unpaired) electrons. The summed E-state index contributed by atoms with van der Waals surface area (Å²) in [7, 11) is 0. The third-order valence-electron chi connectivity index (χ3n) is 5.36. The summed E-state index contributed by atoms with van der Waals surface area (Å²) in [5.74, 6) is 0.152. The topological polar surface area (TPSA) is 78.4 Å². The van der Waals surface area contributed by atoms with Gasteiger partial charge in [-0.1, -0.05) is 41.2 Å². The molecule has 148 valence electrons. The molecule has 7 nitrogen and oxygen atoms in total. The van der Waals surface area contributed by atoms with Gasteiger partial charge in [-0.3, -0.25) is 14.5 Å². The maximum atomic E-state index is 12.6. The van der Waals surface area contributed by atoms with Crippen molar-refractivity contribution in [3.63, 3.8) is 0 Å². The molecule has 2 aliphatic rings. The molecule has 0 unspecified atom stereocenters. The molecule has 0 saturated carbocycles. The fourth-order valence-electron chi connectivity index (χ4n) is 3.70. The van der Waals surface area contributed by atoms with E-state index in [2.05, 4.69) is 39.5 Å². The Kier molecular flexibility index (Phi) is 5.57. The molecule has 2 amide bonds. The van der Waals surface area contributed by atoms with Crippen molar-refractivity contribution in [3.05, 3.63) is 35.4 Å². The number of piperidine rings is 1. The van der Waals surface area contributed by atoms with Crippen LogP contribution in [0.3, 0.4) is 0 Å². The van der Waals surface area contributed by atoms with E-state index in [9.17, 15) is 9.59 Å². The van der Waals surface area contributed by atoms with Crippen LogP contribution in [0.25, 0.3) is 0 Å². The van der Waals surface area contributed by atoms with Gasteiger partial charge >= 0.3 is 0 Å². The summed E-state index contributed by atoms with van der Waals surface area (Å²) < 4.78 is 0. The van der Waals surface area contributed by atoms with E-state index in [0.29, 0.717) is 24.6 Å². The molecule has 3 heterocycles. The first-order valence-corrected chi connectivity index (χ1v) is 10.6. The molecule has 0 aliphatic carbocycles. The molecule has 4 rings (SSSR count). The maximum Gasteiger partial charge on any atom is 0.228 e. The Hall–Kier alpha value is -2.48. The van der Waals surface area contributed by atoms with Gasteiger partial charge in [0.05, 0.1) is 5.92 Å². The smallest absolute Gasteiger partial charge is 0.228 e. The molecule has 1 atom stereocenters. The van der Waals surface area contributed by atoms with Gasteiger partial charge < -0.3 is 10.2 Å². The summed E-state index contributed by atoms with van der Waals surface area (Å²) in [5, 5.41) is 13.0. The van der Waals surface area contributed by atoms with Gasteiger partial charge in [0.2, 0.25) is 22.1 Å². The van der Waals surface area contributed by atoms with Crippen molar-refractivity contribution in [2.75, 3.05) is 29.4 Å². The predicted octanol–water partition coefficient (Wildman–Crippen LogP) is 2.51. The van der Waals surface area contributed by atoms with Crippen LogP contribution in [0.15, 0.2) is 24.3 Å². The van der Waals surface area contributed by atoms with Crippen LogP contribution in [0, 0.1) is 12.8 Å². The second-order valence-electron chi connectivity index (χ2n) is 7.50. The zero-order valence-electron chi connectivity index (χ0n) is 16.1. The Balaban J connectivity index is 1.35. The lowest BCUT2D eigenvalue weighted by Crippen LogP contribution is -2.43. The number of hydrogen-bond acceptors (Lipinski definition) is 6. The van der Waals surface area contributed by atoms with Gasteiger partial charge in [-0.15, -0.1) is 10.2 Å². The minimum atomic E-state index is -0.0556. The zero-order chi connectivity index (χ0) is 19.5. The second kappa shape index (κ2) is 8.26. The first-order valence-electron chi connectivity index (χ1n) is 9.82. The highest BCUT2D eigenvalue weighted by molar-refractivity contribution is 7.19. The molecule has 8 heteroatoms. The molecular formula is C20H25N5O2S. The molecule has 2 fully saturated rings. The summed E-state index contributed by atoms with van der Waals surface area (Å²) in [6.07, 6.45) is 3.29. The standard InChI is InChI=1S/C20H25N5O2S/c1-14-6-8-15(9-7-14)12-21-18(27)16-4-2-10-24(13-16)19-22-23-20(28-19)25-11-3-5-17(25)26/h6-9,16H,2-5,10-13H2,1H3,(H,21,27)/t16-/m0/s1. The van der Waals surface area contributed by atoms with E-state index in [1.54, 1.807) is 4.90 Å². The number of aryl methyl sites for hydroxylation is 1. The molecule has 0 bridgehead atoms. The molecule has 1 aromatic heterocycles. The number of nitrogens with zero attached hydrogens (tertiary/aromatic N) is 4. The van der Waals surface area contributed by atoms with E-state index in [1.165, 1.54) is 16.9 Å².